The van der Waals surface area contributed by atoms with Crippen molar-refractivity contribution in [1.29, 1.82) is 0 Å². The van der Waals surface area contributed by atoms with Gasteiger partial charge in [-0.3, -0.25) is 0 Å². The average Bonchev–Trinajstić information content (AvgIpc) is 2.49. The zero-order valence-corrected chi connectivity index (χ0v) is 13.9. The molecule has 2 aromatic carbocycles. The maximum atomic E-state index is 5.75. The van der Waals surface area contributed by atoms with Crippen molar-refractivity contribution in [2.75, 3.05) is 11.5 Å². The summed E-state index contributed by atoms with van der Waals surface area (Å²) in [5, 5.41) is 0. The van der Waals surface area contributed by atoms with Crippen LogP contribution in [0.25, 0.3) is 0 Å². The van der Waals surface area contributed by atoms with Crippen molar-refractivity contribution in [2.45, 2.75) is 40.6 Å². The highest BCUT2D eigenvalue weighted by molar-refractivity contribution is 8.17. The number of benzene rings is 2. The van der Waals surface area contributed by atoms with Gasteiger partial charge < -0.3 is 11.5 Å². The molecule has 0 fully saturated rings. The molecule has 0 atom stereocenters. The van der Waals surface area contributed by atoms with E-state index in [1.165, 1.54) is 29.1 Å². The first-order chi connectivity index (χ1) is 10.2. The summed E-state index contributed by atoms with van der Waals surface area (Å²) in [6.45, 7) is 2.23. The molecule has 0 unspecified atom stereocenters. The van der Waals surface area contributed by atoms with Crippen LogP contribution in [0.5, 0.6) is 0 Å². The minimum Gasteiger partial charge on any atom is -0.399 e. The third-order valence-electron chi connectivity index (χ3n) is 3.09. The fourth-order valence-electron chi connectivity index (χ4n) is 1.91. The third-order valence-corrected chi connectivity index (χ3v) is 5.75. The second kappa shape index (κ2) is 8.25. The minimum atomic E-state index is 0.511. The van der Waals surface area contributed by atoms with Crippen LogP contribution < -0.4 is 11.5 Å². The van der Waals surface area contributed by atoms with E-state index in [-0.39, 0.29) is 0 Å². The highest BCUT2D eigenvalue weighted by Gasteiger charge is 2.12. The van der Waals surface area contributed by atoms with Gasteiger partial charge in [-0.05, 0) is 55.0 Å². The van der Waals surface area contributed by atoms with Gasteiger partial charge in [-0.25, -0.2) is 0 Å². The van der Waals surface area contributed by atoms with E-state index in [1.807, 2.05) is 47.8 Å². The number of thioether (sulfide) groups is 2. The molecular formula is C17H22N2S2. The number of rotatable bonds is 7. The van der Waals surface area contributed by atoms with Crippen LogP contribution in [0.3, 0.4) is 0 Å². The number of nitrogen functional groups attached to an aromatic ring is 2. The quantitative estimate of drug-likeness (QED) is 0.416. The number of unbranched alkanes of at least 4 members (excludes halogenated alkanes) is 1. The maximum Gasteiger partial charge on any atom is 0.0596 e. The van der Waals surface area contributed by atoms with E-state index >= 15 is 0 Å². The van der Waals surface area contributed by atoms with Crippen LogP contribution >= 0.6 is 23.5 Å². The summed E-state index contributed by atoms with van der Waals surface area (Å²) in [6, 6.07) is 16.3. The molecule has 0 amide bonds. The van der Waals surface area contributed by atoms with E-state index in [0.717, 1.165) is 11.4 Å². The van der Waals surface area contributed by atoms with Crippen molar-refractivity contribution >= 4 is 34.9 Å². The molecule has 112 valence electrons. The Morgan fingerprint density at radius 3 is 1.62 bits per heavy atom. The largest absolute Gasteiger partial charge is 0.399 e. The van der Waals surface area contributed by atoms with Crippen molar-refractivity contribution in [2.24, 2.45) is 0 Å². The standard InChI is InChI=1S/C17H22N2S2/c1-2-3-4-17(20-15-9-5-13(18)6-10-15)21-16-11-7-14(19)8-12-16/h5-12,17H,2-4,18-19H2,1H3. The molecule has 0 saturated carbocycles. The van der Waals surface area contributed by atoms with Gasteiger partial charge in [0.15, 0.2) is 0 Å². The van der Waals surface area contributed by atoms with E-state index in [2.05, 4.69) is 31.2 Å². The number of nitrogens with two attached hydrogens (primary N) is 2. The Bertz CT molecular complexity index is 490. The SMILES string of the molecule is CCCCC(Sc1ccc(N)cc1)Sc1ccc(N)cc1. The van der Waals surface area contributed by atoms with Crippen molar-refractivity contribution < 1.29 is 0 Å². The van der Waals surface area contributed by atoms with Crippen LogP contribution in [0.1, 0.15) is 26.2 Å². The van der Waals surface area contributed by atoms with Gasteiger partial charge in [-0.15, -0.1) is 23.5 Å². The van der Waals surface area contributed by atoms with Gasteiger partial charge >= 0.3 is 0 Å². The Morgan fingerprint density at radius 2 is 1.24 bits per heavy atom. The predicted molar refractivity (Wildman–Crippen MR) is 96.7 cm³/mol. The van der Waals surface area contributed by atoms with Crippen molar-refractivity contribution in [1.82, 2.24) is 0 Å². The maximum absolute atomic E-state index is 5.75. The zero-order valence-electron chi connectivity index (χ0n) is 12.3. The number of hydrogen-bond acceptors (Lipinski definition) is 4. The zero-order chi connectivity index (χ0) is 15.1. The lowest BCUT2D eigenvalue weighted by Gasteiger charge is -2.16. The average molecular weight is 319 g/mol. The summed E-state index contributed by atoms with van der Waals surface area (Å²) in [5.41, 5.74) is 13.1. The first kappa shape index (κ1) is 16.1. The summed E-state index contributed by atoms with van der Waals surface area (Å²) < 4.78 is 0.511. The van der Waals surface area contributed by atoms with Gasteiger partial charge in [0.2, 0.25) is 0 Å². The first-order valence-corrected chi connectivity index (χ1v) is 8.97. The molecule has 0 spiro atoms. The lowest BCUT2D eigenvalue weighted by atomic mass is 10.3. The fraction of sp³-hybridized carbons (Fsp3) is 0.294. The second-order valence-corrected chi connectivity index (χ2v) is 7.80. The summed E-state index contributed by atoms with van der Waals surface area (Å²) in [4.78, 5) is 2.54. The Kier molecular flexibility index (Phi) is 6.33. The summed E-state index contributed by atoms with van der Waals surface area (Å²) >= 11 is 3.83. The molecule has 0 bridgehead atoms. The van der Waals surface area contributed by atoms with Gasteiger partial charge in [0, 0.05) is 21.2 Å². The van der Waals surface area contributed by atoms with E-state index in [1.54, 1.807) is 0 Å². The summed E-state index contributed by atoms with van der Waals surface area (Å²) in [7, 11) is 0. The Balaban J connectivity index is 2.02. The smallest absolute Gasteiger partial charge is 0.0596 e. The predicted octanol–water partition coefficient (Wildman–Crippen LogP) is 5.25. The lowest BCUT2D eigenvalue weighted by Crippen LogP contribution is -1.97. The van der Waals surface area contributed by atoms with E-state index < -0.39 is 0 Å². The highest BCUT2D eigenvalue weighted by atomic mass is 32.2. The molecule has 2 nitrogen and oxygen atoms in total. The molecule has 0 radical (unpaired) electrons. The molecule has 4 N–H and O–H groups in total. The Morgan fingerprint density at radius 1 is 0.810 bits per heavy atom. The van der Waals surface area contributed by atoms with Crippen LogP contribution in [0.15, 0.2) is 58.3 Å². The Labute approximate surface area is 135 Å². The van der Waals surface area contributed by atoms with Crippen molar-refractivity contribution in [3.8, 4) is 0 Å². The second-order valence-electron chi connectivity index (χ2n) is 4.95. The molecular weight excluding hydrogens is 296 g/mol. The molecule has 0 aliphatic rings. The van der Waals surface area contributed by atoms with Crippen LogP contribution in [0.2, 0.25) is 0 Å². The van der Waals surface area contributed by atoms with Crippen molar-refractivity contribution in [3.05, 3.63) is 48.5 Å². The number of hydrogen-bond donors (Lipinski definition) is 2. The lowest BCUT2D eigenvalue weighted by molar-refractivity contribution is 0.763. The molecule has 0 aliphatic carbocycles. The summed E-state index contributed by atoms with van der Waals surface area (Å²) in [6.07, 6.45) is 3.66. The van der Waals surface area contributed by atoms with E-state index in [0.29, 0.717) is 4.58 Å². The van der Waals surface area contributed by atoms with Crippen LogP contribution in [0.4, 0.5) is 11.4 Å². The molecule has 0 heterocycles. The molecule has 4 heteroatoms. The van der Waals surface area contributed by atoms with Gasteiger partial charge in [0.05, 0.1) is 4.58 Å². The minimum absolute atomic E-state index is 0.511. The molecule has 0 aromatic heterocycles. The van der Waals surface area contributed by atoms with Crippen LogP contribution in [-0.2, 0) is 0 Å². The monoisotopic (exact) mass is 318 g/mol. The normalized spacial score (nSPS) is 11.0. The van der Waals surface area contributed by atoms with E-state index in [4.69, 9.17) is 11.5 Å². The van der Waals surface area contributed by atoms with Gasteiger partial charge in [-0.2, -0.15) is 0 Å². The van der Waals surface area contributed by atoms with Gasteiger partial charge in [0.25, 0.3) is 0 Å². The van der Waals surface area contributed by atoms with Crippen LogP contribution in [0, 0.1) is 0 Å². The van der Waals surface area contributed by atoms with E-state index in [9.17, 15) is 0 Å². The first-order valence-electron chi connectivity index (χ1n) is 7.22. The molecule has 21 heavy (non-hydrogen) atoms. The van der Waals surface area contributed by atoms with Gasteiger partial charge in [-0.1, -0.05) is 19.8 Å². The molecule has 0 saturated heterocycles. The number of anilines is 2. The van der Waals surface area contributed by atoms with Gasteiger partial charge in [0.1, 0.15) is 0 Å². The fourth-order valence-corrected chi connectivity index (χ4v) is 4.53. The summed E-state index contributed by atoms with van der Waals surface area (Å²) in [5.74, 6) is 0. The topological polar surface area (TPSA) is 52.0 Å². The Hall–Kier alpha value is -1.26. The van der Waals surface area contributed by atoms with Crippen molar-refractivity contribution in [3.63, 3.8) is 0 Å². The molecule has 2 rings (SSSR count). The van der Waals surface area contributed by atoms with Crippen LogP contribution in [-0.4, -0.2) is 4.58 Å². The highest BCUT2D eigenvalue weighted by Crippen LogP contribution is 2.38. The molecule has 2 aromatic rings. The molecule has 0 aliphatic heterocycles. The third kappa shape index (κ3) is 5.56.